The fourth-order valence-corrected chi connectivity index (χ4v) is 1.62. The number of aliphatic carboxylic acids is 1. The quantitative estimate of drug-likeness (QED) is 0.866. The fraction of sp³-hybridized carbons (Fsp3) is 0.214. The molecule has 100 valence electrons. The van der Waals surface area contributed by atoms with Crippen molar-refractivity contribution in [3.8, 4) is 11.5 Å². The molecule has 0 aliphatic heterocycles. The largest absolute Gasteiger partial charge is 0.497 e. The summed E-state index contributed by atoms with van der Waals surface area (Å²) in [5.41, 5.74) is 0. The van der Waals surface area contributed by atoms with E-state index in [-0.39, 0.29) is 6.61 Å². The first-order valence-electron chi connectivity index (χ1n) is 5.74. The van der Waals surface area contributed by atoms with Crippen LogP contribution in [0.3, 0.4) is 0 Å². The van der Waals surface area contributed by atoms with E-state index in [0.717, 1.165) is 0 Å². The Labute approximate surface area is 110 Å². The lowest BCUT2D eigenvalue weighted by molar-refractivity contribution is -0.140. The summed E-state index contributed by atoms with van der Waals surface area (Å²) in [7, 11) is 1.58. The average Bonchev–Trinajstić information content (AvgIpc) is 2.93. The Kier molecular flexibility index (Phi) is 4.07. The third-order valence-corrected chi connectivity index (χ3v) is 2.66. The summed E-state index contributed by atoms with van der Waals surface area (Å²) in [6.45, 7) is 0.00910. The van der Waals surface area contributed by atoms with Gasteiger partial charge in [-0.15, -0.1) is 0 Å². The van der Waals surface area contributed by atoms with Crippen molar-refractivity contribution in [1.29, 1.82) is 0 Å². The monoisotopic (exact) mass is 262 g/mol. The normalized spacial score (nSPS) is 11.8. The zero-order valence-corrected chi connectivity index (χ0v) is 10.4. The molecule has 2 aromatic rings. The van der Waals surface area contributed by atoms with E-state index in [2.05, 4.69) is 0 Å². The van der Waals surface area contributed by atoms with Crippen molar-refractivity contribution in [2.24, 2.45) is 0 Å². The smallest absolute Gasteiger partial charge is 0.317 e. The van der Waals surface area contributed by atoms with Crippen molar-refractivity contribution < 1.29 is 23.8 Å². The van der Waals surface area contributed by atoms with Gasteiger partial charge in [0.15, 0.2) is 0 Å². The minimum absolute atomic E-state index is 0.00910. The van der Waals surface area contributed by atoms with E-state index in [1.54, 1.807) is 43.5 Å². The number of carbonyl (C=O) groups is 1. The molecule has 1 aromatic heterocycles. The molecule has 1 N–H and O–H groups in total. The van der Waals surface area contributed by atoms with Crippen LogP contribution in [0.5, 0.6) is 11.5 Å². The highest BCUT2D eigenvalue weighted by Crippen LogP contribution is 2.21. The van der Waals surface area contributed by atoms with Crippen LogP contribution in [0.4, 0.5) is 0 Å². The lowest BCUT2D eigenvalue weighted by Gasteiger charge is -2.12. The van der Waals surface area contributed by atoms with Gasteiger partial charge >= 0.3 is 5.97 Å². The molecule has 1 atom stereocenters. The van der Waals surface area contributed by atoms with Gasteiger partial charge in [0.05, 0.1) is 13.4 Å². The van der Waals surface area contributed by atoms with Crippen LogP contribution in [0.25, 0.3) is 0 Å². The van der Waals surface area contributed by atoms with Gasteiger partial charge in [0.1, 0.15) is 29.8 Å². The molecule has 0 aliphatic rings. The van der Waals surface area contributed by atoms with E-state index >= 15 is 0 Å². The number of furan rings is 1. The molecule has 19 heavy (non-hydrogen) atoms. The first-order valence-corrected chi connectivity index (χ1v) is 5.74. The number of hydrogen-bond acceptors (Lipinski definition) is 4. The lowest BCUT2D eigenvalue weighted by Crippen LogP contribution is -2.18. The van der Waals surface area contributed by atoms with Crippen molar-refractivity contribution in [2.75, 3.05) is 13.7 Å². The van der Waals surface area contributed by atoms with Gasteiger partial charge in [-0.3, -0.25) is 4.79 Å². The van der Waals surface area contributed by atoms with Crippen molar-refractivity contribution in [3.05, 3.63) is 48.4 Å². The molecule has 0 aliphatic carbocycles. The van der Waals surface area contributed by atoms with Gasteiger partial charge in [-0.05, 0) is 36.4 Å². The van der Waals surface area contributed by atoms with Gasteiger partial charge in [0, 0.05) is 0 Å². The Balaban J connectivity index is 2.00. The molecular weight excluding hydrogens is 248 g/mol. The molecule has 1 heterocycles. The highest BCUT2D eigenvalue weighted by atomic mass is 16.5. The zero-order chi connectivity index (χ0) is 13.7. The van der Waals surface area contributed by atoms with Gasteiger partial charge in [-0.1, -0.05) is 0 Å². The summed E-state index contributed by atoms with van der Waals surface area (Å²) >= 11 is 0. The maximum absolute atomic E-state index is 11.2. The summed E-state index contributed by atoms with van der Waals surface area (Å²) in [5.74, 6) is -0.131. The van der Waals surface area contributed by atoms with Crippen LogP contribution in [0.15, 0.2) is 47.1 Å². The highest BCUT2D eigenvalue weighted by Gasteiger charge is 2.23. The van der Waals surface area contributed by atoms with Gasteiger partial charge in [0.2, 0.25) is 0 Å². The molecule has 0 bridgehead atoms. The van der Waals surface area contributed by atoms with Crippen molar-refractivity contribution in [3.63, 3.8) is 0 Å². The third-order valence-electron chi connectivity index (χ3n) is 2.66. The van der Waals surface area contributed by atoms with E-state index in [1.165, 1.54) is 6.26 Å². The van der Waals surface area contributed by atoms with Crippen LogP contribution in [0, 0.1) is 0 Å². The second-order valence-electron chi connectivity index (χ2n) is 3.89. The standard InChI is InChI=1S/C14H14O5/c1-17-10-4-6-11(7-5-10)19-9-12(14(15)16)13-3-2-8-18-13/h2-8,12H,9H2,1H3,(H,15,16). The van der Waals surface area contributed by atoms with Crippen molar-refractivity contribution >= 4 is 5.97 Å². The SMILES string of the molecule is COc1ccc(OCC(C(=O)O)c2ccco2)cc1. The molecule has 0 amide bonds. The third kappa shape index (κ3) is 3.28. The predicted molar refractivity (Wildman–Crippen MR) is 67.6 cm³/mol. The maximum atomic E-state index is 11.2. The summed E-state index contributed by atoms with van der Waals surface area (Å²) in [6.07, 6.45) is 1.44. The van der Waals surface area contributed by atoms with Crippen molar-refractivity contribution in [1.82, 2.24) is 0 Å². The van der Waals surface area contributed by atoms with Gasteiger partial charge in [-0.25, -0.2) is 0 Å². The first kappa shape index (κ1) is 13.0. The van der Waals surface area contributed by atoms with E-state index < -0.39 is 11.9 Å². The summed E-state index contributed by atoms with van der Waals surface area (Å²) in [6, 6.07) is 10.2. The first-order chi connectivity index (χ1) is 9.20. The van der Waals surface area contributed by atoms with E-state index in [9.17, 15) is 4.79 Å². The summed E-state index contributed by atoms with van der Waals surface area (Å²) < 4.78 is 15.6. The second kappa shape index (κ2) is 5.95. The number of rotatable bonds is 6. The maximum Gasteiger partial charge on any atom is 0.317 e. The molecule has 5 heteroatoms. The lowest BCUT2D eigenvalue weighted by atomic mass is 10.1. The van der Waals surface area contributed by atoms with Crippen LogP contribution >= 0.6 is 0 Å². The number of hydrogen-bond donors (Lipinski definition) is 1. The minimum Gasteiger partial charge on any atom is -0.497 e. The summed E-state index contributed by atoms with van der Waals surface area (Å²) in [5, 5.41) is 9.15. The molecular formula is C14H14O5. The Morgan fingerprint density at radius 2 is 1.95 bits per heavy atom. The van der Waals surface area contributed by atoms with Gasteiger partial charge < -0.3 is 19.0 Å². The van der Waals surface area contributed by atoms with E-state index in [0.29, 0.717) is 17.3 Å². The predicted octanol–water partition coefficient (Wildman–Crippen LogP) is 2.54. The van der Waals surface area contributed by atoms with Gasteiger partial charge in [0.25, 0.3) is 0 Å². The average molecular weight is 262 g/mol. The molecule has 5 nitrogen and oxygen atoms in total. The molecule has 0 saturated heterocycles. The second-order valence-corrected chi connectivity index (χ2v) is 3.89. The fourth-order valence-electron chi connectivity index (χ4n) is 1.62. The molecule has 0 saturated carbocycles. The number of benzene rings is 1. The van der Waals surface area contributed by atoms with Crippen LogP contribution in [0.2, 0.25) is 0 Å². The van der Waals surface area contributed by atoms with E-state index in [1.807, 2.05) is 0 Å². The molecule has 2 rings (SSSR count). The molecule has 1 unspecified atom stereocenters. The van der Waals surface area contributed by atoms with E-state index in [4.69, 9.17) is 19.0 Å². The molecule has 0 radical (unpaired) electrons. The Morgan fingerprint density at radius 1 is 1.26 bits per heavy atom. The number of methoxy groups -OCH3 is 1. The molecule has 0 fully saturated rings. The topological polar surface area (TPSA) is 68.9 Å². The van der Waals surface area contributed by atoms with Crippen LogP contribution < -0.4 is 9.47 Å². The molecule has 1 aromatic carbocycles. The highest BCUT2D eigenvalue weighted by molar-refractivity contribution is 5.75. The number of carboxylic acid groups (broad SMARTS) is 1. The van der Waals surface area contributed by atoms with Crippen molar-refractivity contribution in [2.45, 2.75) is 5.92 Å². The zero-order valence-electron chi connectivity index (χ0n) is 10.4. The Bertz CT molecular complexity index is 515. The van der Waals surface area contributed by atoms with Gasteiger partial charge in [-0.2, -0.15) is 0 Å². The van der Waals surface area contributed by atoms with Crippen LogP contribution in [-0.2, 0) is 4.79 Å². The number of ether oxygens (including phenoxy) is 2. The Morgan fingerprint density at radius 3 is 2.47 bits per heavy atom. The number of carboxylic acids is 1. The van der Waals surface area contributed by atoms with Crippen LogP contribution in [0.1, 0.15) is 11.7 Å². The minimum atomic E-state index is -0.983. The van der Waals surface area contributed by atoms with Crippen LogP contribution in [-0.4, -0.2) is 24.8 Å². The Hall–Kier alpha value is -2.43. The summed E-state index contributed by atoms with van der Waals surface area (Å²) in [4.78, 5) is 11.2. The molecule has 0 spiro atoms.